The Labute approximate surface area is 121 Å². The summed E-state index contributed by atoms with van der Waals surface area (Å²) in [6, 6.07) is 0. The van der Waals surface area contributed by atoms with Gasteiger partial charge in [0.2, 0.25) is 0 Å². The molecule has 0 aromatic rings. The molecule has 0 aliphatic heterocycles. The highest BCUT2D eigenvalue weighted by atomic mass is 16.6. The van der Waals surface area contributed by atoms with E-state index < -0.39 is 11.6 Å². The van der Waals surface area contributed by atoms with E-state index in [-0.39, 0.29) is 29.3 Å². The van der Waals surface area contributed by atoms with Gasteiger partial charge in [0.25, 0.3) is 0 Å². The van der Waals surface area contributed by atoms with E-state index in [9.17, 15) is 9.59 Å². The second kappa shape index (κ2) is 5.47. The molecule has 4 heteroatoms. The van der Waals surface area contributed by atoms with Crippen LogP contribution in [0.5, 0.6) is 0 Å². The molecular weight excluding hydrogens is 256 g/mol. The van der Waals surface area contributed by atoms with Gasteiger partial charge in [-0.2, -0.15) is 0 Å². The molecule has 20 heavy (non-hydrogen) atoms. The van der Waals surface area contributed by atoms with Gasteiger partial charge in [0.1, 0.15) is 5.60 Å². The number of carbonyl (C=O) groups is 2. The quantitative estimate of drug-likeness (QED) is 0.443. The maximum atomic E-state index is 12.1. The molecule has 0 aromatic heterocycles. The molecule has 1 rings (SSSR count). The molecule has 1 fully saturated rings. The van der Waals surface area contributed by atoms with Crippen LogP contribution < -0.4 is 0 Å². The van der Waals surface area contributed by atoms with Crippen LogP contribution in [0.3, 0.4) is 0 Å². The lowest BCUT2D eigenvalue weighted by Crippen LogP contribution is -2.26. The van der Waals surface area contributed by atoms with Gasteiger partial charge in [-0.15, -0.1) is 0 Å². The molecule has 2 atom stereocenters. The van der Waals surface area contributed by atoms with Crippen LogP contribution in [-0.4, -0.2) is 23.6 Å². The minimum absolute atomic E-state index is 0.155. The highest BCUT2D eigenvalue weighted by Crippen LogP contribution is 2.58. The molecule has 0 bridgehead atoms. The van der Waals surface area contributed by atoms with Gasteiger partial charge in [-0.05, 0) is 40.0 Å². The van der Waals surface area contributed by atoms with Crippen molar-refractivity contribution >= 4 is 11.9 Å². The summed E-state index contributed by atoms with van der Waals surface area (Å²) in [5, 5.41) is 0. The van der Waals surface area contributed by atoms with E-state index >= 15 is 0 Å². The van der Waals surface area contributed by atoms with Crippen molar-refractivity contribution in [3.05, 3.63) is 0 Å². The minimum Gasteiger partial charge on any atom is -0.460 e. The van der Waals surface area contributed by atoms with Crippen LogP contribution in [0.1, 0.15) is 48.5 Å². The Balaban J connectivity index is 2.68. The monoisotopic (exact) mass is 280 g/mol. The van der Waals surface area contributed by atoms with Crippen molar-refractivity contribution < 1.29 is 19.1 Å². The first-order chi connectivity index (χ1) is 8.95. The van der Waals surface area contributed by atoms with E-state index in [4.69, 9.17) is 9.47 Å². The smallest absolute Gasteiger partial charge is 0.384 e. The molecular formula is C16H24O4. The van der Waals surface area contributed by atoms with Crippen molar-refractivity contribution in [1.29, 1.82) is 0 Å². The van der Waals surface area contributed by atoms with Gasteiger partial charge in [-0.3, -0.25) is 4.79 Å². The van der Waals surface area contributed by atoms with Crippen molar-refractivity contribution in [1.82, 2.24) is 0 Å². The molecule has 1 aliphatic rings. The highest BCUT2D eigenvalue weighted by Gasteiger charge is 2.62. The standard InChI is InChI=1S/C16H24O4/c1-10(2)19-12(17)9-8-11-13(16(11,6)7)14(18)20-15(3,4)5/h10-11,13H,1-7H3. The predicted octanol–water partition coefficient (Wildman–Crippen LogP) is 2.56. The number of ether oxygens (including phenoxy) is 2. The molecule has 0 radical (unpaired) electrons. The van der Waals surface area contributed by atoms with Crippen molar-refractivity contribution in [3.8, 4) is 11.8 Å². The zero-order chi connectivity index (χ0) is 15.7. The van der Waals surface area contributed by atoms with Crippen molar-refractivity contribution in [3.63, 3.8) is 0 Å². The van der Waals surface area contributed by atoms with Crippen LogP contribution >= 0.6 is 0 Å². The number of rotatable bonds is 2. The molecule has 2 unspecified atom stereocenters. The molecule has 1 saturated carbocycles. The Kier molecular flexibility index (Phi) is 4.53. The van der Waals surface area contributed by atoms with Gasteiger partial charge in [0.05, 0.1) is 12.0 Å². The summed E-state index contributed by atoms with van der Waals surface area (Å²) in [6.07, 6.45) is -0.189. The molecule has 0 saturated heterocycles. The minimum atomic E-state index is -0.550. The van der Waals surface area contributed by atoms with Crippen molar-refractivity contribution in [2.45, 2.75) is 60.2 Å². The topological polar surface area (TPSA) is 52.6 Å². The second-order valence-corrected chi connectivity index (χ2v) is 7.03. The zero-order valence-electron chi connectivity index (χ0n) is 13.4. The lowest BCUT2D eigenvalue weighted by molar-refractivity contribution is -0.157. The van der Waals surface area contributed by atoms with Crippen LogP contribution in [0, 0.1) is 29.1 Å². The van der Waals surface area contributed by atoms with Crippen molar-refractivity contribution in [2.75, 3.05) is 0 Å². The fourth-order valence-electron chi connectivity index (χ4n) is 2.09. The van der Waals surface area contributed by atoms with Crippen LogP contribution in [0.15, 0.2) is 0 Å². The molecule has 1 aliphatic carbocycles. The Morgan fingerprint density at radius 1 is 1.20 bits per heavy atom. The maximum absolute atomic E-state index is 12.1. The Hall–Kier alpha value is -1.50. The van der Waals surface area contributed by atoms with Gasteiger partial charge in [0, 0.05) is 11.8 Å². The fourth-order valence-corrected chi connectivity index (χ4v) is 2.09. The fraction of sp³-hybridized carbons (Fsp3) is 0.750. The third-order valence-electron chi connectivity index (χ3n) is 3.16. The summed E-state index contributed by atoms with van der Waals surface area (Å²) < 4.78 is 10.3. The zero-order valence-corrected chi connectivity index (χ0v) is 13.4. The SMILES string of the molecule is CC(C)OC(=O)C#CC1C(C(=O)OC(C)(C)C)C1(C)C. The molecule has 0 aromatic carbocycles. The molecule has 0 heterocycles. The summed E-state index contributed by atoms with van der Waals surface area (Å²) >= 11 is 0. The Morgan fingerprint density at radius 3 is 2.20 bits per heavy atom. The number of hydrogen-bond donors (Lipinski definition) is 0. The van der Waals surface area contributed by atoms with Crippen molar-refractivity contribution in [2.24, 2.45) is 17.3 Å². The number of hydrogen-bond acceptors (Lipinski definition) is 4. The lowest BCUT2D eigenvalue weighted by atomic mass is 10.1. The lowest BCUT2D eigenvalue weighted by Gasteiger charge is -2.19. The molecule has 4 nitrogen and oxygen atoms in total. The second-order valence-electron chi connectivity index (χ2n) is 7.03. The first-order valence-corrected chi connectivity index (χ1v) is 6.90. The highest BCUT2D eigenvalue weighted by molar-refractivity contribution is 5.89. The molecule has 0 amide bonds. The van der Waals surface area contributed by atoms with E-state index in [0.717, 1.165) is 0 Å². The number of carbonyl (C=O) groups excluding carboxylic acids is 2. The third-order valence-corrected chi connectivity index (χ3v) is 3.16. The summed E-state index contributed by atoms with van der Waals surface area (Å²) in [6.45, 7) is 12.9. The third kappa shape index (κ3) is 4.26. The van der Waals surface area contributed by atoms with E-state index in [2.05, 4.69) is 11.8 Å². The normalized spacial score (nSPS) is 23.6. The van der Waals surface area contributed by atoms with Crippen LogP contribution in [0.4, 0.5) is 0 Å². The van der Waals surface area contributed by atoms with Gasteiger partial charge in [-0.25, -0.2) is 4.79 Å². The molecule has 0 N–H and O–H groups in total. The number of esters is 2. The Bertz CT molecular complexity index is 457. The van der Waals surface area contributed by atoms with E-state index in [0.29, 0.717) is 0 Å². The molecule has 0 spiro atoms. The summed E-state index contributed by atoms with van der Waals surface area (Å²) in [5.74, 6) is 4.07. The van der Waals surface area contributed by atoms with Gasteiger partial charge < -0.3 is 9.47 Å². The summed E-state index contributed by atoms with van der Waals surface area (Å²) in [4.78, 5) is 23.5. The van der Waals surface area contributed by atoms with E-state index in [1.807, 2.05) is 34.6 Å². The predicted molar refractivity (Wildman–Crippen MR) is 75.6 cm³/mol. The largest absolute Gasteiger partial charge is 0.460 e. The summed E-state index contributed by atoms with van der Waals surface area (Å²) in [7, 11) is 0. The van der Waals surface area contributed by atoms with Crippen LogP contribution in [0.2, 0.25) is 0 Å². The Morgan fingerprint density at radius 2 is 1.75 bits per heavy atom. The first-order valence-electron chi connectivity index (χ1n) is 6.90. The van der Waals surface area contributed by atoms with Crippen LogP contribution in [0.25, 0.3) is 0 Å². The average Bonchev–Trinajstić information content (AvgIpc) is 2.73. The van der Waals surface area contributed by atoms with E-state index in [1.54, 1.807) is 13.8 Å². The maximum Gasteiger partial charge on any atom is 0.384 e. The molecule has 112 valence electrons. The first kappa shape index (κ1) is 16.6. The average molecular weight is 280 g/mol. The van der Waals surface area contributed by atoms with Gasteiger partial charge in [-0.1, -0.05) is 19.8 Å². The van der Waals surface area contributed by atoms with Gasteiger partial charge in [0.15, 0.2) is 0 Å². The summed E-state index contributed by atoms with van der Waals surface area (Å²) in [5.41, 5.74) is -0.766. The van der Waals surface area contributed by atoms with E-state index in [1.165, 1.54) is 0 Å². The van der Waals surface area contributed by atoms with Crippen LogP contribution in [-0.2, 0) is 19.1 Å². The van der Waals surface area contributed by atoms with Gasteiger partial charge >= 0.3 is 11.9 Å².